The Morgan fingerprint density at radius 2 is 2.26 bits per heavy atom. The van der Waals surface area contributed by atoms with Gasteiger partial charge in [0, 0.05) is 18.2 Å². The van der Waals surface area contributed by atoms with E-state index in [1.54, 1.807) is 0 Å². The molecule has 1 saturated carbocycles. The molecule has 1 aliphatic rings. The molecule has 0 heterocycles. The van der Waals surface area contributed by atoms with Crippen molar-refractivity contribution in [2.75, 3.05) is 0 Å². The Balaban J connectivity index is 1.97. The van der Waals surface area contributed by atoms with Crippen molar-refractivity contribution in [3.05, 3.63) is 34.9 Å². The van der Waals surface area contributed by atoms with Crippen LogP contribution in [0.1, 0.15) is 42.9 Å². The third-order valence-electron chi connectivity index (χ3n) is 4.22. The molecule has 2 rings (SSSR count). The summed E-state index contributed by atoms with van der Waals surface area (Å²) in [6.07, 6.45) is 4.09. The van der Waals surface area contributed by atoms with Gasteiger partial charge in [0.15, 0.2) is 5.84 Å². The maximum Gasteiger partial charge on any atom is 0.170 e. The molecule has 1 aliphatic carbocycles. The third kappa shape index (κ3) is 3.26. The molecule has 0 bridgehead atoms. The maximum absolute atomic E-state index is 8.67. The molecule has 19 heavy (non-hydrogen) atoms. The summed E-state index contributed by atoms with van der Waals surface area (Å²) in [5, 5.41) is 15.3. The highest BCUT2D eigenvalue weighted by Crippen LogP contribution is 2.29. The van der Waals surface area contributed by atoms with Crippen molar-refractivity contribution in [3.8, 4) is 0 Å². The van der Waals surface area contributed by atoms with E-state index in [1.165, 1.54) is 24.8 Å². The minimum atomic E-state index is 0.158. The fourth-order valence-corrected chi connectivity index (χ4v) is 2.49. The second-order valence-electron chi connectivity index (χ2n) is 5.49. The van der Waals surface area contributed by atoms with Crippen LogP contribution in [0.3, 0.4) is 0 Å². The van der Waals surface area contributed by atoms with Gasteiger partial charge >= 0.3 is 0 Å². The number of rotatable bonds is 5. The first-order chi connectivity index (χ1) is 9.11. The van der Waals surface area contributed by atoms with Crippen molar-refractivity contribution >= 4 is 5.84 Å². The molecule has 4 heteroatoms. The monoisotopic (exact) mass is 261 g/mol. The summed E-state index contributed by atoms with van der Waals surface area (Å²) in [6, 6.07) is 6.48. The normalized spacial score (nSPS) is 18.1. The van der Waals surface area contributed by atoms with Crippen LogP contribution in [0.4, 0.5) is 0 Å². The first-order valence-corrected chi connectivity index (χ1v) is 6.92. The van der Waals surface area contributed by atoms with Gasteiger partial charge in [-0.3, -0.25) is 0 Å². The van der Waals surface area contributed by atoms with Gasteiger partial charge in [-0.05, 0) is 49.8 Å². The SMILES string of the molecule is Cc1cc(/C(N)=N/O)ccc1CNC(C)C1CCC1. The minimum absolute atomic E-state index is 0.158. The molecule has 1 fully saturated rings. The van der Waals surface area contributed by atoms with Crippen molar-refractivity contribution in [1.29, 1.82) is 0 Å². The largest absolute Gasteiger partial charge is 0.409 e. The van der Waals surface area contributed by atoms with E-state index in [0.717, 1.165) is 23.6 Å². The van der Waals surface area contributed by atoms with E-state index in [4.69, 9.17) is 10.9 Å². The Morgan fingerprint density at radius 3 is 2.79 bits per heavy atom. The molecule has 1 aromatic rings. The molecular weight excluding hydrogens is 238 g/mol. The Kier molecular flexibility index (Phi) is 4.43. The molecule has 104 valence electrons. The molecule has 4 N–H and O–H groups in total. The van der Waals surface area contributed by atoms with Crippen LogP contribution in [-0.4, -0.2) is 17.1 Å². The summed E-state index contributed by atoms with van der Waals surface area (Å²) >= 11 is 0. The molecule has 1 aromatic carbocycles. The molecule has 1 unspecified atom stereocenters. The lowest BCUT2D eigenvalue weighted by Crippen LogP contribution is -2.36. The van der Waals surface area contributed by atoms with E-state index in [-0.39, 0.29) is 5.84 Å². The fraction of sp³-hybridized carbons (Fsp3) is 0.533. The molecule has 0 spiro atoms. The summed E-state index contributed by atoms with van der Waals surface area (Å²) in [5.74, 6) is 1.00. The van der Waals surface area contributed by atoms with Crippen molar-refractivity contribution in [1.82, 2.24) is 5.32 Å². The molecule has 0 radical (unpaired) electrons. The van der Waals surface area contributed by atoms with Gasteiger partial charge in [-0.2, -0.15) is 0 Å². The highest BCUT2D eigenvalue weighted by atomic mass is 16.4. The van der Waals surface area contributed by atoms with Crippen LogP contribution in [0, 0.1) is 12.8 Å². The van der Waals surface area contributed by atoms with Crippen LogP contribution >= 0.6 is 0 Å². The van der Waals surface area contributed by atoms with Crippen LogP contribution in [0.5, 0.6) is 0 Å². The Hall–Kier alpha value is -1.55. The van der Waals surface area contributed by atoms with E-state index in [1.807, 2.05) is 18.2 Å². The Morgan fingerprint density at radius 1 is 1.53 bits per heavy atom. The van der Waals surface area contributed by atoms with E-state index in [0.29, 0.717) is 6.04 Å². The predicted octanol–water partition coefficient (Wildman–Crippen LogP) is 2.37. The average molecular weight is 261 g/mol. The molecular formula is C15H23N3O. The van der Waals surface area contributed by atoms with Crippen molar-refractivity contribution in [2.24, 2.45) is 16.8 Å². The Bertz CT molecular complexity index is 466. The number of nitrogens with one attached hydrogen (secondary N) is 1. The van der Waals surface area contributed by atoms with Gasteiger partial charge in [0.25, 0.3) is 0 Å². The lowest BCUT2D eigenvalue weighted by atomic mass is 9.80. The van der Waals surface area contributed by atoms with Crippen LogP contribution in [0.25, 0.3) is 0 Å². The van der Waals surface area contributed by atoms with Crippen LogP contribution in [0.15, 0.2) is 23.4 Å². The van der Waals surface area contributed by atoms with E-state index < -0.39 is 0 Å². The van der Waals surface area contributed by atoms with Gasteiger partial charge in [0.1, 0.15) is 0 Å². The standard InChI is InChI=1S/C15H23N3O/c1-10-8-13(15(16)18-19)6-7-14(10)9-17-11(2)12-4-3-5-12/h6-8,11-12,17,19H,3-5,9H2,1-2H3,(H2,16,18). The van der Waals surface area contributed by atoms with E-state index >= 15 is 0 Å². The first-order valence-electron chi connectivity index (χ1n) is 6.92. The number of hydrogen-bond donors (Lipinski definition) is 3. The van der Waals surface area contributed by atoms with Crippen LogP contribution in [0.2, 0.25) is 0 Å². The van der Waals surface area contributed by atoms with Gasteiger partial charge in [0.2, 0.25) is 0 Å². The van der Waals surface area contributed by atoms with Crippen molar-refractivity contribution in [3.63, 3.8) is 0 Å². The summed E-state index contributed by atoms with van der Waals surface area (Å²) in [4.78, 5) is 0. The molecule has 0 aliphatic heterocycles. The molecule has 1 atom stereocenters. The zero-order chi connectivity index (χ0) is 13.8. The lowest BCUT2D eigenvalue weighted by Gasteiger charge is -2.32. The number of nitrogens with zero attached hydrogens (tertiary/aromatic N) is 1. The molecule has 0 aromatic heterocycles. The van der Waals surface area contributed by atoms with Crippen molar-refractivity contribution in [2.45, 2.75) is 45.7 Å². The van der Waals surface area contributed by atoms with E-state index in [2.05, 4.69) is 24.3 Å². The molecule has 0 saturated heterocycles. The number of oxime groups is 1. The average Bonchev–Trinajstić information content (AvgIpc) is 2.34. The van der Waals surface area contributed by atoms with Crippen LogP contribution < -0.4 is 11.1 Å². The van der Waals surface area contributed by atoms with Gasteiger partial charge in [0.05, 0.1) is 0 Å². The zero-order valence-corrected chi connectivity index (χ0v) is 11.7. The predicted molar refractivity (Wildman–Crippen MR) is 77.3 cm³/mol. The smallest absolute Gasteiger partial charge is 0.170 e. The summed E-state index contributed by atoms with van der Waals surface area (Å²) < 4.78 is 0. The fourth-order valence-electron chi connectivity index (χ4n) is 2.49. The highest BCUT2D eigenvalue weighted by Gasteiger charge is 2.23. The quantitative estimate of drug-likeness (QED) is 0.330. The summed E-state index contributed by atoms with van der Waals surface area (Å²) in [7, 11) is 0. The summed E-state index contributed by atoms with van der Waals surface area (Å²) in [5.41, 5.74) is 8.77. The van der Waals surface area contributed by atoms with Gasteiger partial charge in [-0.25, -0.2) is 0 Å². The minimum Gasteiger partial charge on any atom is -0.409 e. The number of amidine groups is 1. The molecule has 4 nitrogen and oxygen atoms in total. The van der Waals surface area contributed by atoms with Gasteiger partial charge in [-0.1, -0.05) is 23.7 Å². The number of benzene rings is 1. The third-order valence-corrected chi connectivity index (χ3v) is 4.22. The zero-order valence-electron chi connectivity index (χ0n) is 11.7. The number of aryl methyl sites for hydroxylation is 1. The van der Waals surface area contributed by atoms with E-state index in [9.17, 15) is 0 Å². The van der Waals surface area contributed by atoms with Gasteiger partial charge in [-0.15, -0.1) is 0 Å². The number of hydrogen-bond acceptors (Lipinski definition) is 3. The lowest BCUT2D eigenvalue weighted by molar-refractivity contribution is 0.240. The second-order valence-corrected chi connectivity index (χ2v) is 5.49. The second kappa shape index (κ2) is 6.06. The maximum atomic E-state index is 8.67. The van der Waals surface area contributed by atoms with Crippen LogP contribution in [-0.2, 0) is 6.54 Å². The number of nitrogens with two attached hydrogens (primary N) is 1. The summed E-state index contributed by atoms with van der Waals surface area (Å²) in [6.45, 7) is 5.20. The topological polar surface area (TPSA) is 70.6 Å². The Labute approximate surface area is 114 Å². The van der Waals surface area contributed by atoms with Gasteiger partial charge < -0.3 is 16.3 Å². The first kappa shape index (κ1) is 13.9. The molecule has 0 amide bonds. The highest BCUT2D eigenvalue weighted by molar-refractivity contribution is 5.97. The van der Waals surface area contributed by atoms with Crippen molar-refractivity contribution < 1.29 is 5.21 Å².